The van der Waals surface area contributed by atoms with E-state index in [9.17, 15) is 14.0 Å². The Labute approximate surface area is 136 Å². The van der Waals surface area contributed by atoms with Crippen molar-refractivity contribution in [2.24, 2.45) is 0 Å². The molecular weight excluding hydrogens is 299 g/mol. The molecule has 1 atom stereocenters. The molecule has 0 aliphatic carbocycles. The van der Waals surface area contributed by atoms with E-state index in [4.69, 9.17) is 4.74 Å². The van der Waals surface area contributed by atoms with Gasteiger partial charge in [0.1, 0.15) is 5.82 Å². The first-order chi connectivity index (χ1) is 11.0. The van der Waals surface area contributed by atoms with Gasteiger partial charge in [0.25, 0.3) is 0 Å². The van der Waals surface area contributed by atoms with E-state index >= 15 is 0 Å². The zero-order chi connectivity index (χ0) is 16.8. The van der Waals surface area contributed by atoms with E-state index in [2.05, 4.69) is 0 Å². The van der Waals surface area contributed by atoms with E-state index in [1.807, 2.05) is 0 Å². The molecule has 6 heteroatoms. The summed E-state index contributed by atoms with van der Waals surface area (Å²) in [6, 6.07) is 6.31. The van der Waals surface area contributed by atoms with E-state index in [0.717, 1.165) is 5.56 Å². The maximum absolute atomic E-state index is 12.9. The fourth-order valence-corrected chi connectivity index (χ4v) is 2.55. The molecule has 1 heterocycles. The number of rotatable bonds is 5. The fraction of sp³-hybridized carbons (Fsp3) is 0.529. The molecule has 1 aromatic carbocycles. The summed E-state index contributed by atoms with van der Waals surface area (Å²) in [5.74, 6) is -0.331. The molecule has 0 N–H and O–H groups in total. The maximum atomic E-state index is 12.9. The molecular formula is C17H23FN2O3. The maximum Gasteiger partial charge on any atom is 0.223 e. The number of ether oxygens (including phenoxy) is 1. The summed E-state index contributed by atoms with van der Waals surface area (Å²) in [5.41, 5.74) is 0.980. The second-order valence-electron chi connectivity index (χ2n) is 5.95. The van der Waals surface area contributed by atoms with Gasteiger partial charge >= 0.3 is 0 Å². The van der Waals surface area contributed by atoms with E-state index in [0.29, 0.717) is 26.1 Å². The lowest BCUT2D eigenvalue weighted by molar-refractivity contribution is -0.141. The van der Waals surface area contributed by atoms with Gasteiger partial charge in [0.15, 0.2) is 0 Å². The van der Waals surface area contributed by atoms with Gasteiger partial charge in [0.05, 0.1) is 12.7 Å². The van der Waals surface area contributed by atoms with Crippen molar-refractivity contribution in [1.82, 2.24) is 9.80 Å². The molecule has 1 aliphatic rings. The fourth-order valence-electron chi connectivity index (χ4n) is 2.55. The Bertz CT molecular complexity index is 545. The Morgan fingerprint density at radius 3 is 2.61 bits per heavy atom. The predicted octanol–water partition coefficient (Wildman–Crippen LogP) is 1.46. The number of carbonyl (C=O) groups excluding carboxylic acids is 2. The number of morpholine rings is 1. The standard InChI is InChI=1S/C17H23FN2O3/c1-19(2)16(21)7-8-17(22)20-9-10-23-15(12-20)11-13-3-5-14(18)6-4-13/h3-6,15H,7-12H2,1-2H3/t15-/m1/s1. The summed E-state index contributed by atoms with van der Waals surface area (Å²) in [6.07, 6.45) is 0.995. The second-order valence-corrected chi connectivity index (χ2v) is 5.95. The van der Waals surface area contributed by atoms with Gasteiger partial charge in [0, 0.05) is 46.4 Å². The minimum Gasteiger partial charge on any atom is -0.374 e. The molecule has 2 rings (SSSR count). The van der Waals surface area contributed by atoms with E-state index in [1.54, 1.807) is 31.1 Å². The van der Waals surface area contributed by atoms with Crippen molar-refractivity contribution in [1.29, 1.82) is 0 Å². The Morgan fingerprint density at radius 1 is 1.26 bits per heavy atom. The van der Waals surface area contributed by atoms with E-state index in [-0.39, 0.29) is 36.6 Å². The van der Waals surface area contributed by atoms with Crippen LogP contribution in [0.2, 0.25) is 0 Å². The monoisotopic (exact) mass is 322 g/mol. The van der Waals surface area contributed by atoms with Crippen LogP contribution in [0.1, 0.15) is 18.4 Å². The summed E-state index contributed by atoms with van der Waals surface area (Å²) >= 11 is 0. The molecule has 0 spiro atoms. The normalized spacial score (nSPS) is 17.9. The molecule has 0 unspecified atom stereocenters. The summed E-state index contributed by atoms with van der Waals surface area (Å²) in [5, 5.41) is 0. The third-order valence-corrected chi connectivity index (χ3v) is 3.92. The van der Waals surface area contributed by atoms with Crippen molar-refractivity contribution < 1.29 is 18.7 Å². The average Bonchev–Trinajstić information content (AvgIpc) is 2.54. The average molecular weight is 322 g/mol. The van der Waals surface area contributed by atoms with Crippen LogP contribution in [0, 0.1) is 5.82 Å². The molecule has 0 saturated carbocycles. The van der Waals surface area contributed by atoms with Crippen molar-refractivity contribution in [2.75, 3.05) is 33.8 Å². The highest BCUT2D eigenvalue weighted by molar-refractivity contribution is 5.83. The Kier molecular flexibility index (Phi) is 6.10. The first-order valence-electron chi connectivity index (χ1n) is 7.79. The van der Waals surface area contributed by atoms with Gasteiger partial charge in [-0.2, -0.15) is 0 Å². The van der Waals surface area contributed by atoms with Crippen LogP contribution in [-0.4, -0.2) is 61.5 Å². The first kappa shape index (κ1) is 17.4. The van der Waals surface area contributed by atoms with Crippen molar-refractivity contribution in [3.05, 3.63) is 35.6 Å². The SMILES string of the molecule is CN(C)C(=O)CCC(=O)N1CCO[C@H](Cc2ccc(F)cc2)C1. The lowest BCUT2D eigenvalue weighted by Gasteiger charge is -2.33. The zero-order valence-corrected chi connectivity index (χ0v) is 13.6. The molecule has 1 fully saturated rings. The highest BCUT2D eigenvalue weighted by atomic mass is 19.1. The van der Waals surface area contributed by atoms with Gasteiger partial charge < -0.3 is 14.5 Å². The quantitative estimate of drug-likeness (QED) is 0.825. The van der Waals surface area contributed by atoms with Gasteiger partial charge in [-0.05, 0) is 17.7 Å². The van der Waals surface area contributed by atoms with Gasteiger partial charge in [-0.1, -0.05) is 12.1 Å². The lowest BCUT2D eigenvalue weighted by Crippen LogP contribution is -2.46. The number of amides is 2. The second kappa shape index (κ2) is 8.06. The highest BCUT2D eigenvalue weighted by Gasteiger charge is 2.24. The summed E-state index contributed by atoms with van der Waals surface area (Å²) in [6.45, 7) is 1.54. The predicted molar refractivity (Wildman–Crippen MR) is 84.4 cm³/mol. The summed E-state index contributed by atoms with van der Waals surface area (Å²) in [4.78, 5) is 27.0. The van der Waals surface area contributed by atoms with Crippen molar-refractivity contribution >= 4 is 11.8 Å². The number of nitrogens with zero attached hydrogens (tertiary/aromatic N) is 2. The van der Waals surface area contributed by atoms with Gasteiger partial charge in [0.2, 0.25) is 11.8 Å². The number of hydrogen-bond donors (Lipinski definition) is 0. The van der Waals surface area contributed by atoms with Crippen LogP contribution in [0.25, 0.3) is 0 Å². The van der Waals surface area contributed by atoms with E-state index in [1.165, 1.54) is 17.0 Å². The van der Waals surface area contributed by atoms with Gasteiger partial charge in [-0.3, -0.25) is 9.59 Å². The molecule has 126 valence electrons. The van der Waals surface area contributed by atoms with Crippen LogP contribution in [-0.2, 0) is 20.7 Å². The molecule has 0 bridgehead atoms. The van der Waals surface area contributed by atoms with Gasteiger partial charge in [-0.15, -0.1) is 0 Å². The number of benzene rings is 1. The molecule has 0 aromatic heterocycles. The van der Waals surface area contributed by atoms with Crippen LogP contribution < -0.4 is 0 Å². The molecule has 1 aliphatic heterocycles. The minimum absolute atomic E-state index is 0.0207. The third kappa shape index (κ3) is 5.32. The molecule has 2 amide bonds. The number of carbonyl (C=O) groups is 2. The molecule has 5 nitrogen and oxygen atoms in total. The summed E-state index contributed by atoms with van der Waals surface area (Å²) < 4.78 is 18.6. The van der Waals surface area contributed by atoms with Crippen LogP contribution in [0.15, 0.2) is 24.3 Å². The van der Waals surface area contributed by atoms with Gasteiger partial charge in [-0.25, -0.2) is 4.39 Å². The summed E-state index contributed by atoms with van der Waals surface area (Å²) in [7, 11) is 3.36. The van der Waals surface area contributed by atoms with Crippen LogP contribution in [0.4, 0.5) is 4.39 Å². The first-order valence-corrected chi connectivity index (χ1v) is 7.79. The minimum atomic E-state index is -0.263. The van der Waals surface area contributed by atoms with Crippen LogP contribution in [0.5, 0.6) is 0 Å². The lowest BCUT2D eigenvalue weighted by atomic mass is 10.1. The molecule has 1 aromatic rings. The zero-order valence-electron chi connectivity index (χ0n) is 13.6. The number of hydrogen-bond acceptors (Lipinski definition) is 3. The third-order valence-electron chi connectivity index (χ3n) is 3.92. The smallest absolute Gasteiger partial charge is 0.223 e. The van der Waals surface area contributed by atoms with Crippen molar-refractivity contribution in [3.63, 3.8) is 0 Å². The Balaban J connectivity index is 1.83. The van der Waals surface area contributed by atoms with Crippen molar-refractivity contribution in [2.45, 2.75) is 25.4 Å². The van der Waals surface area contributed by atoms with Crippen LogP contribution in [0.3, 0.4) is 0 Å². The Hall–Kier alpha value is -1.95. The van der Waals surface area contributed by atoms with Crippen LogP contribution >= 0.6 is 0 Å². The van der Waals surface area contributed by atoms with E-state index < -0.39 is 0 Å². The van der Waals surface area contributed by atoms with Crippen molar-refractivity contribution in [3.8, 4) is 0 Å². The Morgan fingerprint density at radius 2 is 1.96 bits per heavy atom. The molecule has 0 radical (unpaired) electrons. The topological polar surface area (TPSA) is 49.9 Å². The molecule has 1 saturated heterocycles. The largest absolute Gasteiger partial charge is 0.374 e. The number of halogens is 1. The highest BCUT2D eigenvalue weighted by Crippen LogP contribution is 2.14. The molecule has 23 heavy (non-hydrogen) atoms.